The Morgan fingerprint density at radius 2 is 1.89 bits per heavy atom. The Kier molecular flexibility index (Phi) is 4.27. The Labute approximate surface area is 116 Å². The van der Waals surface area contributed by atoms with Gasteiger partial charge in [-0.1, -0.05) is 19.9 Å². The fourth-order valence-electron chi connectivity index (χ4n) is 2.04. The molecule has 19 heavy (non-hydrogen) atoms. The zero-order chi connectivity index (χ0) is 13.8. The zero-order valence-electron chi connectivity index (χ0n) is 11.0. The summed E-state index contributed by atoms with van der Waals surface area (Å²) >= 11 is 1.59. The highest BCUT2D eigenvalue weighted by Gasteiger charge is 2.16. The number of rotatable bonds is 5. The van der Waals surface area contributed by atoms with Crippen molar-refractivity contribution >= 4 is 17.3 Å². The molecule has 2 heterocycles. The van der Waals surface area contributed by atoms with Crippen molar-refractivity contribution in [3.63, 3.8) is 0 Å². The molecule has 0 fully saturated rings. The number of aryl methyl sites for hydroxylation is 2. The van der Waals surface area contributed by atoms with Crippen molar-refractivity contribution in [3.05, 3.63) is 34.5 Å². The van der Waals surface area contributed by atoms with Crippen LogP contribution in [0.4, 0.5) is 0 Å². The van der Waals surface area contributed by atoms with Gasteiger partial charge in [0.1, 0.15) is 0 Å². The van der Waals surface area contributed by atoms with Crippen molar-refractivity contribution in [3.8, 4) is 10.7 Å². The van der Waals surface area contributed by atoms with Crippen LogP contribution in [0.25, 0.3) is 10.7 Å². The highest BCUT2D eigenvalue weighted by Crippen LogP contribution is 2.24. The minimum Gasteiger partial charge on any atom is -0.481 e. The van der Waals surface area contributed by atoms with Crippen LogP contribution >= 0.6 is 11.3 Å². The van der Waals surface area contributed by atoms with Crippen LogP contribution < -0.4 is 0 Å². The smallest absolute Gasteiger partial charge is 0.307 e. The van der Waals surface area contributed by atoms with E-state index in [1.165, 1.54) is 0 Å². The summed E-state index contributed by atoms with van der Waals surface area (Å²) in [4.78, 5) is 21.0. The van der Waals surface area contributed by atoms with E-state index in [9.17, 15) is 4.79 Å². The van der Waals surface area contributed by atoms with Gasteiger partial charge < -0.3 is 5.11 Å². The van der Waals surface area contributed by atoms with Gasteiger partial charge in [0.05, 0.1) is 11.3 Å². The van der Waals surface area contributed by atoms with Gasteiger partial charge in [-0.25, -0.2) is 9.97 Å². The Morgan fingerprint density at radius 3 is 2.32 bits per heavy atom. The minimum absolute atomic E-state index is 0.00291. The summed E-state index contributed by atoms with van der Waals surface area (Å²) in [5, 5.41) is 11.0. The Bertz CT molecular complexity index is 554. The van der Waals surface area contributed by atoms with Crippen molar-refractivity contribution in [1.29, 1.82) is 0 Å². The molecule has 1 N–H and O–H groups in total. The summed E-state index contributed by atoms with van der Waals surface area (Å²) in [7, 11) is 0. The lowest BCUT2D eigenvalue weighted by atomic mass is 10.0. The molecule has 0 unspecified atom stereocenters. The van der Waals surface area contributed by atoms with E-state index in [4.69, 9.17) is 5.11 Å². The zero-order valence-corrected chi connectivity index (χ0v) is 11.8. The second-order valence-corrected chi connectivity index (χ2v) is 5.12. The monoisotopic (exact) mass is 276 g/mol. The average molecular weight is 276 g/mol. The molecule has 4 nitrogen and oxygen atoms in total. The van der Waals surface area contributed by atoms with Crippen molar-refractivity contribution in [2.45, 2.75) is 33.1 Å². The summed E-state index contributed by atoms with van der Waals surface area (Å²) in [5.74, 6) is -0.130. The van der Waals surface area contributed by atoms with Crippen molar-refractivity contribution < 1.29 is 9.90 Å². The van der Waals surface area contributed by atoms with Gasteiger partial charge in [-0.3, -0.25) is 4.79 Å². The molecule has 0 aliphatic heterocycles. The number of hydrogen-bond acceptors (Lipinski definition) is 4. The molecular weight excluding hydrogens is 260 g/mol. The Balaban J connectivity index is 2.54. The minimum atomic E-state index is -0.836. The largest absolute Gasteiger partial charge is 0.481 e. The number of thiophene rings is 1. The molecule has 0 bridgehead atoms. The van der Waals surface area contributed by atoms with Gasteiger partial charge in [0.15, 0.2) is 5.82 Å². The lowest BCUT2D eigenvalue weighted by Crippen LogP contribution is -2.11. The average Bonchev–Trinajstić information content (AvgIpc) is 2.92. The van der Waals surface area contributed by atoms with E-state index >= 15 is 0 Å². The highest BCUT2D eigenvalue weighted by molar-refractivity contribution is 7.13. The molecule has 0 radical (unpaired) electrons. The molecule has 5 heteroatoms. The molecule has 0 saturated carbocycles. The molecule has 2 aromatic rings. The maximum absolute atomic E-state index is 11.0. The first-order valence-electron chi connectivity index (χ1n) is 6.30. The van der Waals surface area contributed by atoms with Crippen LogP contribution in [0.3, 0.4) is 0 Å². The topological polar surface area (TPSA) is 63.1 Å². The van der Waals surface area contributed by atoms with Crippen molar-refractivity contribution in [1.82, 2.24) is 9.97 Å². The molecule has 0 aromatic carbocycles. The third kappa shape index (κ3) is 2.98. The van der Waals surface area contributed by atoms with E-state index < -0.39 is 5.97 Å². The van der Waals surface area contributed by atoms with E-state index in [0.29, 0.717) is 5.82 Å². The summed E-state index contributed by atoms with van der Waals surface area (Å²) in [6.07, 6.45) is 1.43. The van der Waals surface area contributed by atoms with Crippen LogP contribution in [-0.2, 0) is 24.1 Å². The van der Waals surface area contributed by atoms with Crippen molar-refractivity contribution in [2.24, 2.45) is 0 Å². The number of carboxylic acids is 1. The van der Waals surface area contributed by atoms with E-state index in [0.717, 1.165) is 34.7 Å². The molecule has 2 rings (SSSR count). The van der Waals surface area contributed by atoms with Crippen LogP contribution in [0.2, 0.25) is 0 Å². The normalized spacial score (nSPS) is 10.6. The second kappa shape index (κ2) is 5.93. The number of aromatic nitrogens is 2. The van der Waals surface area contributed by atoms with Gasteiger partial charge in [0.25, 0.3) is 0 Å². The van der Waals surface area contributed by atoms with E-state index in [-0.39, 0.29) is 6.42 Å². The van der Waals surface area contributed by atoms with Crippen LogP contribution in [0.1, 0.15) is 30.8 Å². The Morgan fingerprint density at radius 1 is 1.26 bits per heavy atom. The lowest BCUT2D eigenvalue weighted by molar-refractivity contribution is -0.136. The fourth-order valence-corrected chi connectivity index (χ4v) is 2.70. The molecule has 0 amide bonds. The fraction of sp³-hybridized carbons (Fsp3) is 0.357. The third-order valence-electron chi connectivity index (χ3n) is 2.92. The predicted octanol–water partition coefficient (Wildman–Crippen LogP) is 2.96. The summed E-state index contributed by atoms with van der Waals surface area (Å²) < 4.78 is 0. The number of nitrogens with zero attached hydrogens (tertiary/aromatic N) is 2. The van der Waals surface area contributed by atoms with Crippen LogP contribution in [-0.4, -0.2) is 21.0 Å². The first-order valence-corrected chi connectivity index (χ1v) is 7.18. The van der Waals surface area contributed by atoms with Gasteiger partial charge in [0, 0.05) is 17.0 Å². The molecule has 2 aromatic heterocycles. The number of hydrogen-bond donors (Lipinski definition) is 1. The van der Waals surface area contributed by atoms with Crippen LogP contribution in [0.15, 0.2) is 17.5 Å². The van der Waals surface area contributed by atoms with Gasteiger partial charge in [0.2, 0.25) is 0 Å². The first kappa shape index (κ1) is 13.7. The van der Waals surface area contributed by atoms with Crippen molar-refractivity contribution in [2.75, 3.05) is 0 Å². The third-order valence-corrected chi connectivity index (χ3v) is 3.78. The molecule has 100 valence electrons. The molecular formula is C14H16N2O2S. The lowest BCUT2D eigenvalue weighted by Gasteiger charge is -2.11. The first-order chi connectivity index (χ1) is 9.15. The molecule has 0 aliphatic carbocycles. The Hall–Kier alpha value is -1.75. The quantitative estimate of drug-likeness (QED) is 0.912. The maximum Gasteiger partial charge on any atom is 0.307 e. The van der Waals surface area contributed by atoms with Gasteiger partial charge >= 0.3 is 5.97 Å². The van der Waals surface area contributed by atoms with E-state index in [1.54, 1.807) is 11.3 Å². The number of carbonyl (C=O) groups is 1. The second-order valence-electron chi connectivity index (χ2n) is 4.17. The molecule has 0 saturated heterocycles. The maximum atomic E-state index is 11.0. The number of aliphatic carboxylic acids is 1. The number of carboxylic acid groups (broad SMARTS) is 1. The predicted molar refractivity (Wildman–Crippen MR) is 75.4 cm³/mol. The van der Waals surface area contributed by atoms with E-state index in [2.05, 4.69) is 9.97 Å². The van der Waals surface area contributed by atoms with Crippen LogP contribution in [0.5, 0.6) is 0 Å². The van der Waals surface area contributed by atoms with E-state index in [1.807, 2.05) is 31.4 Å². The SMILES string of the molecule is CCc1nc(-c2cccs2)nc(CC)c1CC(=O)O. The summed E-state index contributed by atoms with van der Waals surface area (Å²) in [5.41, 5.74) is 2.47. The van der Waals surface area contributed by atoms with Gasteiger partial charge in [-0.2, -0.15) is 0 Å². The molecule has 0 aliphatic rings. The highest BCUT2D eigenvalue weighted by atomic mass is 32.1. The van der Waals surface area contributed by atoms with Crippen LogP contribution in [0, 0.1) is 0 Å². The summed E-state index contributed by atoms with van der Waals surface area (Å²) in [6.45, 7) is 3.98. The van der Waals surface area contributed by atoms with Gasteiger partial charge in [-0.15, -0.1) is 11.3 Å². The standard InChI is InChI=1S/C14H16N2O2S/c1-3-10-9(8-13(17)18)11(4-2)16-14(15-10)12-6-5-7-19-12/h5-7H,3-4,8H2,1-2H3,(H,17,18). The molecule has 0 spiro atoms. The molecule has 0 atom stereocenters. The summed E-state index contributed by atoms with van der Waals surface area (Å²) in [6, 6.07) is 3.95. The van der Waals surface area contributed by atoms with Gasteiger partial charge in [-0.05, 0) is 24.3 Å².